The Morgan fingerprint density at radius 1 is 1.10 bits per heavy atom. The summed E-state index contributed by atoms with van der Waals surface area (Å²) in [5.74, 6) is 0.750. The summed E-state index contributed by atoms with van der Waals surface area (Å²) in [6, 6.07) is 16.0. The molecule has 110 valence electrons. The third-order valence-corrected chi connectivity index (χ3v) is 3.93. The molecule has 0 aliphatic carbocycles. The topological polar surface area (TPSA) is 24.5 Å². The van der Waals surface area contributed by atoms with Gasteiger partial charge < -0.3 is 15.0 Å². The fourth-order valence-electron chi connectivity index (χ4n) is 2.57. The second kappa shape index (κ2) is 6.72. The molecule has 1 aliphatic heterocycles. The second-order valence-electron chi connectivity index (χ2n) is 5.06. The van der Waals surface area contributed by atoms with Crippen molar-refractivity contribution in [2.24, 2.45) is 0 Å². The molecule has 0 spiro atoms. The molecule has 0 saturated heterocycles. The number of para-hydroxylation sites is 3. The monoisotopic (exact) mass is 302 g/mol. The molecule has 1 N–H and O–H groups in total. The number of ether oxygens (including phenoxy) is 1. The first-order valence-electron chi connectivity index (χ1n) is 7.30. The van der Waals surface area contributed by atoms with Crippen molar-refractivity contribution in [1.29, 1.82) is 0 Å². The third kappa shape index (κ3) is 3.42. The third-order valence-electron chi connectivity index (χ3n) is 3.62. The molecule has 2 aromatic carbocycles. The van der Waals surface area contributed by atoms with E-state index in [2.05, 4.69) is 34.5 Å². The van der Waals surface area contributed by atoms with E-state index < -0.39 is 0 Å². The summed E-state index contributed by atoms with van der Waals surface area (Å²) in [6.45, 7) is 3.52. The fraction of sp³-hybridized carbons (Fsp3) is 0.294. The van der Waals surface area contributed by atoms with Gasteiger partial charge in [-0.25, -0.2) is 0 Å². The average molecular weight is 303 g/mol. The molecule has 3 rings (SSSR count). The van der Waals surface area contributed by atoms with Crippen molar-refractivity contribution in [1.82, 2.24) is 0 Å². The molecule has 0 unspecified atom stereocenters. The minimum Gasteiger partial charge on any atom is -0.490 e. The van der Waals surface area contributed by atoms with Crippen LogP contribution in [0.5, 0.6) is 5.75 Å². The van der Waals surface area contributed by atoms with Crippen LogP contribution in [-0.4, -0.2) is 26.2 Å². The van der Waals surface area contributed by atoms with Crippen LogP contribution in [0.4, 0.5) is 11.4 Å². The van der Waals surface area contributed by atoms with Crippen molar-refractivity contribution >= 4 is 23.0 Å². The molecular formula is C17H19ClN2O. The highest BCUT2D eigenvalue weighted by molar-refractivity contribution is 6.32. The Hall–Kier alpha value is -1.87. The fourth-order valence-corrected chi connectivity index (χ4v) is 2.76. The number of hydrogen-bond acceptors (Lipinski definition) is 3. The van der Waals surface area contributed by atoms with Gasteiger partial charge in [0.25, 0.3) is 0 Å². The van der Waals surface area contributed by atoms with Crippen LogP contribution in [0.1, 0.15) is 6.42 Å². The molecule has 0 bridgehead atoms. The SMILES string of the molecule is Clc1ccccc1OCCN1CCCNc2ccccc21. The van der Waals surface area contributed by atoms with Crippen LogP contribution in [0.2, 0.25) is 5.02 Å². The normalized spacial score (nSPS) is 14.0. The van der Waals surface area contributed by atoms with E-state index in [1.807, 2.05) is 24.3 Å². The standard InChI is InChI=1S/C17H19ClN2O/c18-14-6-1-4-9-17(14)21-13-12-20-11-5-10-19-15-7-2-3-8-16(15)20/h1-4,6-9,19H,5,10-13H2. The number of benzene rings is 2. The van der Waals surface area contributed by atoms with E-state index in [0.29, 0.717) is 11.6 Å². The van der Waals surface area contributed by atoms with Gasteiger partial charge in [0.2, 0.25) is 0 Å². The van der Waals surface area contributed by atoms with Crippen molar-refractivity contribution in [3.8, 4) is 5.75 Å². The first kappa shape index (κ1) is 14.1. The summed E-state index contributed by atoms with van der Waals surface area (Å²) in [5.41, 5.74) is 2.45. The van der Waals surface area contributed by atoms with Crippen LogP contribution in [0.25, 0.3) is 0 Å². The average Bonchev–Trinajstić information content (AvgIpc) is 2.72. The Balaban J connectivity index is 1.64. The van der Waals surface area contributed by atoms with E-state index in [4.69, 9.17) is 16.3 Å². The molecule has 1 aliphatic rings. The Kier molecular flexibility index (Phi) is 4.51. The quantitative estimate of drug-likeness (QED) is 0.922. The zero-order chi connectivity index (χ0) is 14.5. The summed E-state index contributed by atoms with van der Waals surface area (Å²) < 4.78 is 5.80. The molecule has 0 amide bonds. The molecule has 2 aromatic rings. The van der Waals surface area contributed by atoms with Gasteiger partial charge in [-0.2, -0.15) is 0 Å². The van der Waals surface area contributed by atoms with Crippen molar-refractivity contribution < 1.29 is 4.74 Å². The highest BCUT2D eigenvalue weighted by Crippen LogP contribution is 2.28. The number of hydrogen-bond donors (Lipinski definition) is 1. The lowest BCUT2D eigenvalue weighted by molar-refractivity contribution is 0.324. The largest absolute Gasteiger partial charge is 0.490 e. The molecule has 0 aromatic heterocycles. The zero-order valence-electron chi connectivity index (χ0n) is 11.9. The second-order valence-corrected chi connectivity index (χ2v) is 5.47. The summed E-state index contributed by atoms with van der Waals surface area (Å²) >= 11 is 6.10. The van der Waals surface area contributed by atoms with Gasteiger partial charge in [-0.1, -0.05) is 35.9 Å². The van der Waals surface area contributed by atoms with E-state index in [9.17, 15) is 0 Å². The van der Waals surface area contributed by atoms with E-state index in [-0.39, 0.29) is 0 Å². The molecule has 0 atom stereocenters. The number of rotatable bonds is 4. The van der Waals surface area contributed by atoms with Crippen molar-refractivity contribution in [2.75, 3.05) is 36.5 Å². The van der Waals surface area contributed by atoms with Gasteiger partial charge in [0.15, 0.2) is 0 Å². The van der Waals surface area contributed by atoms with Crippen molar-refractivity contribution in [2.45, 2.75) is 6.42 Å². The summed E-state index contributed by atoms with van der Waals surface area (Å²) in [6.07, 6.45) is 1.13. The lowest BCUT2D eigenvalue weighted by atomic mass is 10.2. The number of nitrogens with one attached hydrogen (secondary N) is 1. The summed E-state index contributed by atoms with van der Waals surface area (Å²) in [5, 5.41) is 4.13. The van der Waals surface area contributed by atoms with Gasteiger partial charge in [0.05, 0.1) is 22.9 Å². The van der Waals surface area contributed by atoms with Crippen LogP contribution in [0.3, 0.4) is 0 Å². The maximum atomic E-state index is 6.10. The predicted octanol–water partition coefficient (Wildman–Crippen LogP) is 4.04. The smallest absolute Gasteiger partial charge is 0.137 e. The van der Waals surface area contributed by atoms with Crippen LogP contribution < -0.4 is 15.0 Å². The predicted molar refractivity (Wildman–Crippen MR) is 88.7 cm³/mol. The van der Waals surface area contributed by atoms with Crippen molar-refractivity contribution in [3.63, 3.8) is 0 Å². The van der Waals surface area contributed by atoms with Crippen LogP contribution in [-0.2, 0) is 0 Å². The maximum Gasteiger partial charge on any atom is 0.137 e. The highest BCUT2D eigenvalue weighted by Gasteiger charge is 2.14. The van der Waals surface area contributed by atoms with Gasteiger partial charge in [0.1, 0.15) is 12.4 Å². The Morgan fingerprint density at radius 2 is 1.90 bits per heavy atom. The number of nitrogens with zero attached hydrogens (tertiary/aromatic N) is 1. The molecule has 0 radical (unpaired) electrons. The lowest BCUT2D eigenvalue weighted by Gasteiger charge is -2.24. The maximum absolute atomic E-state index is 6.10. The number of halogens is 1. The van der Waals surface area contributed by atoms with E-state index in [0.717, 1.165) is 31.8 Å². The van der Waals surface area contributed by atoms with Gasteiger partial charge in [-0.15, -0.1) is 0 Å². The van der Waals surface area contributed by atoms with Crippen LogP contribution in [0.15, 0.2) is 48.5 Å². The summed E-state index contributed by atoms with van der Waals surface area (Å²) in [4.78, 5) is 2.37. The molecule has 1 heterocycles. The van der Waals surface area contributed by atoms with Crippen LogP contribution >= 0.6 is 11.6 Å². The molecular weight excluding hydrogens is 284 g/mol. The van der Waals surface area contributed by atoms with Crippen molar-refractivity contribution in [3.05, 3.63) is 53.6 Å². The molecule has 0 fully saturated rings. The van der Waals surface area contributed by atoms with Gasteiger partial charge in [-0.05, 0) is 30.7 Å². The van der Waals surface area contributed by atoms with E-state index >= 15 is 0 Å². The summed E-state index contributed by atoms with van der Waals surface area (Å²) in [7, 11) is 0. The number of anilines is 2. The van der Waals surface area contributed by atoms with Gasteiger partial charge in [-0.3, -0.25) is 0 Å². The first-order valence-corrected chi connectivity index (χ1v) is 7.67. The minimum atomic E-state index is 0.623. The Bertz CT molecular complexity index is 603. The van der Waals surface area contributed by atoms with E-state index in [1.54, 1.807) is 0 Å². The Morgan fingerprint density at radius 3 is 2.81 bits per heavy atom. The van der Waals surface area contributed by atoms with Crippen LogP contribution in [0, 0.1) is 0 Å². The Labute approximate surface area is 130 Å². The molecule has 21 heavy (non-hydrogen) atoms. The van der Waals surface area contributed by atoms with Gasteiger partial charge >= 0.3 is 0 Å². The lowest BCUT2D eigenvalue weighted by Crippen LogP contribution is -2.29. The molecule has 3 nitrogen and oxygen atoms in total. The molecule has 4 heteroatoms. The first-order chi connectivity index (χ1) is 10.3. The zero-order valence-corrected chi connectivity index (χ0v) is 12.6. The highest BCUT2D eigenvalue weighted by atomic mass is 35.5. The minimum absolute atomic E-state index is 0.623. The molecule has 0 saturated carbocycles. The van der Waals surface area contributed by atoms with Gasteiger partial charge in [0, 0.05) is 13.1 Å². The van der Waals surface area contributed by atoms with E-state index in [1.165, 1.54) is 11.4 Å². The number of fused-ring (bicyclic) bond motifs is 1.